The van der Waals surface area contributed by atoms with Crippen LogP contribution in [0.3, 0.4) is 0 Å². The minimum absolute atomic E-state index is 1.09. The van der Waals surface area contributed by atoms with E-state index in [2.05, 4.69) is 95.6 Å². The molecule has 3 aromatic rings. The van der Waals surface area contributed by atoms with Gasteiger partial charge in [-0.05, 0) is 0 Å². The van der Waals surface area contributed by atoms with Gasteiger partial charge in [0.25, 0.3) is 0 Å². The molecule has 0 saturated heterocycles. The van der Waals surface area contributed by atoms with Crippen molar-refractivity contribution in [2.45, 2.75) is 68.7 Å². The number of hydrogen-bond donors (Lipinski definition) is 0. The van der Waals surface area contributed by atoms with Crippen LogP contribution in [0.25, 0.3) is 9.75 Å². The van der Waals surface area contributed by atoms with Gasteiger partial charge in [-0.3, -0.25) is 0 Å². The number of thiophene rings is 2. The number of fused-ring (bicyclic) bond motifs is 3. The Labute approximate surface area is 211 Å². The van der Waals surface area contributed by atoms with Gasteiger partial charge in [0, 0.05) is 0 Å². The number of unbranched alkanes of at least 4 members (excludes halogenated alkanes) is 3. The molecule has 1 nitrogen and oxygen atoms in total. The van der Waals surface area contributed by atoms with E-state index in [0.717, 1.165) is 5.69 Å². The number of rotatable bonds is 8. The summed E-state index contributed by atoms with van der Waals surface area (Å²) in [6, 6.07) is 14.0. The molecule has 1 aliphatic carbocycles. The molecule has 0 N–H and O–H groups in total. The Morgan fingerprint density at radius 1 is 0.719 bits per heavy atom. The molecule has 0 fully saturated rings. The molecular weight excluding hydrogens is 640 g/mol. The fourth-order valence-corrected chi connectivity index (χ4v) is 17.0. The first-order valence-electron chi connectivity index (χ1n) is 12.1. The predicted octanol–water partition coefficient (Wildman–Crippen LogP) is 8.17. The summed E-state index contributed by atoms with van der Waals surface area (Å²) in [5, 5.41) is 0. The second kappa shape index (κ2) is 9.86. The van der Waals surface area contributed by atoms with E-state index in [0.29, 0.717) is 0 Å². The van der Waals surface area contributed by atoms with Crippen LogP contribution in [-0.2, 0) is 6.42 Å². The Balaban J connectivity index is 1.70. The van der Waals surface area contributed by atoms with Crippen molar-refractivity contribution in [1.29, 1.82) is 0 Å². The van der Waals surface area contributed by atoms with E-state index in [4.69, 9.17) is 4.99 Å². The number of aliphatic imine (C=N–C) groups is 1. The molecule has 4 rings (SSSR count). The Hall–Kier alpha value is -0.113. The van der Waals surface area contributed by atoms with Crippen LogP contribution in [-0.4, -0.2) is 42.5 Å². The zero-order valence-electron chi connectivity index (χ0n) is 20.8. The van der Waals surface area contributed by atoms with Gasteiger partial charge in [0.1, 0.15) is 0 Å². The molecule has 0 radical (unpaired) electrons. The second-order valence-corrected chi connectivity index (χ2v) is 44.1. The van der Waals surface area contributed by atoms with Crippen molar-refractivity contribution in [2.75, 3.05) is 0 Å². The van der Waals surface area contributed by atoms with Gasteiger partial charge in [-0.25, -0.2) is 0 Å². The van der Waals surface area contributed by atoms with Gasteiger partial charge in [0.2, 0.25) is 0 Å². The topological polar surface area (TPSA) is 12.4 Å². The van der Waals surface area contributed by atoms with E-state index in [1.807, 2.05) is 0 Å². The van der Waals surface area contributed by atoms with Gasteiger partial charge in [-0.1, -0.05) is 19.8 Å². The van der Waals surface area contributed by atoms with Crippen molar-refractivity contribution in [3.8, 4) is 9.75 Å². The van der Waals surface area contributed by atoms with E-state index in [1.165, 1.54) is 64.3 Å². The molecule has 0 saturated carbocycles. The van der Waals surface area contributed by atoms with E-state index in [9.17, 15) is 0 Å². The first-order chi connectivity index (χ1) is 15.1. The van der Waals surface area contributed by atoms with E-state index in [1.54, 1.807) is 5.79 Å². The minimum atomic E-state index is -2.12. The van der Waals surface area contributed by atoms with Crippen molar-refractivity contribution in [3.05, 3.63) is 53.1 Å². The van der Waals surface area contributed by atoms with Gasteiger partial charge in [-0.2, -0.15) is 0 Å². The zero-order valence-corrected chi connectivity index (χ0v) is 28.1. The molecule has 0 unspecified atom stereocenters. The van der Waals surface area contributed by atoms with Gasteiger partial charge in [0.15, 0.2) is 0 Å². The molecule has 1 aliphatic rings. The van der Waals surface area contributed by atoms with Gasteiger partial charge < -0.3 is 0 Å². The summed E-state index contributed by atoms with van der Waals surface area (Å²) in [5.74, 6) is 0. The van der Waals surface area contributed by atoms with E-state index < -0.39 is 36.8 Å². The van der Waals surface area contributed by atoms with Crippen molar-refractivity contribution in [1.82, 2.24) is 0 Å². The zero-order chi connectivity index (χ0) is 23.1. The van der Waals surface area contributed by atoms with Crippen LogP contribution in [0.5, 0.6) is 0 Å². The molecule has 5 heteroatoms. The van der Waals surface area contributed by atoms with Crippen molar-refractivity contribution < 1.29 is 0 Å². The third kappa shape index (κ3) is 5.41. The summed E-state index contributed by atoms with van der Waals surface area (Å²) < 4.78 is 3.33. The maximum atomic E-state index is 5.26. The van der Waals surface area contributed by atoms with E-state index >= 15 is 0 Å². The quantitative estimate of drug-likeness (QED) is 0.132. The second-order valence-electron chi connectivity index (χ2n) is 11.1. The number of benzene rings is 1. The molecule has 2 heterocycles. The van der Waals surface area contributed by atoms with Crippen LogP contribution in [0.15, 0.2) is 41.4 Å². The fourth-order valence-electron chi connectivity index (χ4n) is 4.10. The Morgan fingerprint density at radius 3 is 1.72 bits per heavy atom. The van der Waals surface area contributed by atoms with E-state index in [-0.39, 0.29) is 0 Å². The van der Waals surface area contributed by atoms with Gasteiger partial charge >= 0.3 is 193 Å². The van der Waals surface area contributed by atoms with Crippen LogP contribution < -0.4 is 5.79 Å². The first-order valence-corrected chi connectivity index (χ1v) is 33.7. The van der Waals surface area contributed by atoms with Gasteiger partial charge in [0.05, 0.1) is 0 Å². The fraction of sp³-hybridized carbons (Fsp3) is 0.444. The molecule has 170 valence electrons. The third-order valence-corrected chi connectivity index (χ3v) is 27.4. The molecule has 0 aliphatic heterocycles. The molecule has 2 aromatic heterocycles. The van der Waals surface area contributed by atoms with Crippen molar-refractivity contribution in [2.24, 2.45) is 4.99 Å². The number of aryl methyl sites for hydroxylation is 1. The summed E-state index contributed by atoms with van der Waals surface area (Å²) in [6.45, 7) is 2.27. The molecule has 1 aromatic carbocycles. The third-order valence-electron chi connectivity index (χ3n) is 6.16. The molecule has 32 heavy (non-hydrogen) atoms. The summed E-state index contributed by atoms with van der Waals surface area (Å²) in [7, 11) is 0. The van der Waals surface area contributed by atoms with Crippen LogP contribution >= 0.6 is 22.7 Å². The summed E-state index contributed by atoms with van der Waals surface area (Å²) in [6.07, 6.45) is 6.46. The van der Waals surface area contributed by atoms with Crippen molar-refractivity contribution in [3.63, 3.8) is 0 Å². The number of nitrogens with zero attached hydrogens (tertiary/aromatic N) is 1. The molecule has 0 amide bonds. The Bertz CT molecular complexity index is 1060. The van der Waals surface area contributed by atoms with Crippen molar-refractivity contribution >= 4 is 76.6 Å². The SMILES string of the molecule is CCCCCCc1ccc(N=C2c3c[c]([Sn]([CH3])([CH3])[CH3])sc3-c3s[c]([Sn]([CH3])([CH3])[CH3])cc32)cc1. The summed E-state index contributed by atoms with van der Waals surface area (Å²) in [4.78, 5) is 23.4. The van der Waals surface area contributed by atoms with Crippen LogP contribution in [0.2, 0.25) is 29.6 Å². The maximum absolute atomic E-state index is 5.26. The Kier molecular flexibility index (Phi) is 7.70. The number of hydrogen-bond acceptors (Lipinski definition) is 3. The Morgan fingerprint density at radius 2 is 1.25 bits per heavy atom. The molecular formula is C27H37NS2Sn2. The predicted molar refractivity (Wildman–Crippen MR) is 153 cm³/mol. The van der Waals surface area contributed by atoms with Crippen LogP contribution in [0.1, 0.15) is 49.3 Å². The van der Waals surface area contributed by atoms with Crippen LogP contribution in [0.4, 0.5) is 5.69 Å². The average Bonchev–Trinajstić information content (AvgIpc) is 3.39. The first kappa shape index (κ1) is 25.0. The van der Waals surface area contributed by atoms with Gasteiger partial charge in [-0.15, -0.1) is 0 Å². The van der Waals surface area contributed by atoms with Crippen LogP contribution in [0, 0.1) is 0 Å². The standard InChI is InChI=1S/C21H19NS2.6CH3.2Sn/c1-2-3-4-5-6-15-7-9-16(10-8-15)22-19-17-11-13-23-20(17)21-18(19)12-14-24-21;;;;;;;;/h7-12H,2-6H2,1H3;6*1H3;;. The average molecular weight is 677 g/mol. The molecule has 0 bridgehead atoms. The molecule has 0 spiro atoms. The summed E-state index contributed by atoms with van der Waals surface area (Å²) >= 11 is -0.0954. The molecule has 0 atom stereocenters. The monoisotopic (exact) mass is 679 g/mol. The summed E-state index contributed by atoms with van der Waals surface area (Å²) in [5.41, 5.74) is 6.56. The normalized spacial score (nSPS) is 13.4.